The molecular weight excluding hydrogens is 735 g/mol. The van der Waals surface area contributed by atoms with Crippen molar-refractivity contribution < 1.29 is 32.7 Å². The molecule has 300 valence electrons. The first-order chi connectivity index (χ1) is 27.1. The molecule has 5 rings (SSSR count). The van der Waals surface area contributed by atoms with Gasteiger partial charge in [-0.3, -0.25) is 14.3 Å². The zero-order chi connectivity index (χ0) is 40.2. The predicted octanol–water partition coefficient (Wildman–Crippen LogP) is 6.92. The minimum Gasteiger partial charge on any atom is -0.497 e. The molecule has 0 saturated carbocycles. The number of nitriles is 1. The van der Waals surface area contributed by atoms with Gasteiger partial charge in [-0.25, -0.2) is 9.46 Å². The number of hydrogen-bond acceptors (Lipinski definition) is 11. The van der Waals surface area contributed by atoms with Crippen molar-refractivity contribution in [1.82, 2.24) is 14.2 Å². The van der Waals surface area contributed by atoms with Gasteiger partial charge in [0.25, 0.3) is 14.1 Å². The van der Waals surface area contributed by atoms with E-state index in [0.29, 0.717) is 24.5 Å². The highest BCUT2D eigenvalue weighted by atomic mass is 31.2. The Bertz CT molecular complexity index is 1910. The lowest BCUT2D eigenvalue weighted by Crippen LogP contribution is -2.43. The molecule has 5 atom stereocenters. The minimum atomic E-state index is -1.78. The van der Waals surface area contributed by atoms with Crippen LogP contribution in [-0.2, 0) is 28.9 Å². The van der Waals surface area contributed by atoms with E-state index in [-0.39, 0.29) is 31.7 Å². The second-order valence-electron chi connectivity index (χ2n) is 13.8. The van der Waals surface area contributed by atoms with Gasteiger partial charge in [0, 0.05) is 31.0 Å². The van der Waals surface area contributed by atoms with E-state index in [0.717, 1.165) is 16.7 Å². The molecule has 0 amide bonds. The Kier molecular flexibility index (Phi) is 15.4. The number of hydrogen-bond donors (Lipinski definition) is 1. The van der Waals surface area contributed by atoms with Crippen LogP contribution in [-0.4, -0.2) is 78.7 Å². The second-order valence-corrected chi connectivity index (χ2v) is 15.3. The van der Waals surface area contributed by atoms with E-state index < -0.39 is 49.9 Å². The highest BCUT2D eigenvalue weighted by Crippen LogP contribution is 2.51. The van der Waals surface area contributed by atoms with Gasteiger partial charge in [0.2, 0.25) is 0 Å². The van der Waals surface area contributed by atoms with Gasteiger partial charge in [-0.15, -0.1) is 0 Å². The second kappa shape index (κ2) is 20.2. The monoisotopic (exact) mass is 788 g/mol. The molecule has 0 aliphatic carbocycles. The molecule has 1 aliphatic heterocycles. The zero-order valence-corrected chi connectivity index (χ0v) is 34.0. The highest BCUT2D eigenvalue weighted by Gasteiger charge is 2.51. The molecule has 1 N–H and O–H groups in total. The molecule has 2 heterocycles. The van der Waals surface area contributed by atoms with Crippen LogP contribution in [0, 0.1) is 11.3 Å². The Hall–Kier alpha value is -4.38. The summed E-state index contributed by atoms with van der Waals surface area (Å²) in [5, 5.41) is 9.39. The molecule has 1 unspecified atom stereocenters. The van der Waals surface area contributed by atoms with Crippen molar-refractivity contribution >= 4 is 8.53 Å². The molecule has 4 aromatic rings. The first-order valence-corrected chi connectivity index (χ1v) is 20.0. The molecule has 0 bridgehead atoms. The van der Waals surface area contributed by atoms with Crippen LogP contribution in [0.5, 0.6) is 11.5 Å². The summed E-state index contributed by atoms with van der Waals surface area (Å²) in [6.07, 6.45) is -1.23. The fraction of sp³-hybridized carbons (Fsp3) is 0.452. The van der Waals surface area contributed by atoms with Gasteiger partial charge in [0.05, 0.1) is 39.9 Å². The van der Waals surface area contributed by atoms with E-state index in [1.807, 2.05) is 85.8 Å². The maximum atomic E-state index is 13.3. The van der Waals surface area contributed by atoms with Gasteiger partial charge in [0.15, 0.2) is 6.23 Å². The number of nitrogens with one attached hydrogen (secondary N) is 1. The normalized spacial score (nSPS) is 19.0. The van der Waals surface area contributed by atoms with Crippen LogP contribution in [0.25, 0.3) is 0 Å². The average molecular weight is 789 g/mol. The van der Waals surface area contributed by atoms with Crippen molar-refractivity contribution in [3.05, 3.63) is 129 Å². The molecule has 13 nitrogen and oxygen atoms in total. The zero-order valence-electron chi connectivity index (χ0n) is 33.1. The summed E-state index contributed by atoms with van der Waals surface area (Å²) >= 11 is 0. The quantitative estimate of drug-likeness (QED) is 0.0566. The molecule has 0 spiro atoms. The molecule has 1 aliphatic rings. The molecule has 1 fully saturated rings. The molecule has 56 heavy (non-hydrogen) atoms. The summed E-state index contributed by atoms with van der Waals surface area (Å²) in [5.41, 5.74) is 0.132. The van der Waals surface area contributed by atoms with Crippen LogP contribution < -0.4 is 20.7 Å². The van der Waals surface area contributed by atoms with Crippen molar-refractivity contribution in [2.24, 2.45) is 0 Å². The molecule has 3 aromatic carbocycles. The van der Waals surface area contributed by atoms with Gasteiger partial charge < -0.3 is 32.7 Å². The first-order valence-electron chi connectivity index (χ1n) is 18.9. The van der Waals surface area contributed by atoms with Crippen molar-refractivity contribution in [2.75, 3.05) is 34.0 Å². The molecule has 1 aromatic heterocycles. The van der Waals surface area contributed by atoms with Crippen molar-refractivity contribution in [2.45, 2.75) is 89.7 Å². The topological polar surface area (TPSA) is 146 Å². The summed E-state index contributed by atoms with van der Waals surface area (Å²) in [6.45, 7) is 10.7. The van der Waals surface area contributed by atoms with Crippen molar-refractivity contribution in [3.63, 3.8) is 0 Å². The van der Waals surface area contributed by atoms with Crippen LogP contribution in [0.3, 0.4) is 0 Å². The first kappa shape index (κ1) is 42.8. The predicted molar refractivity (Wildman–Crippen MR) is 214 cm³/mol. The van der Waals surface area contributed by atoms with E-state index >= 15 is 0 Å². The van der Waals surface area contributed by atoms with Crippen LogP contribution in [0.4, 0.5) is 0 Å². The minimum absolute atomic E-state index is 0.0173. The van der Waals surface area contributed by atoms with E-state index in [1.54, 1.807) is 14.2 Å². The number of methoxy groups -OCH3 is 2. The summed E-state index contributed by atoms with van der Waals surface area (Å²) in [5.74, 6) is 1.38. The molecular formula is C42H53N4O9P. The lowest BCUT2D eigenvalue weighted by molar-refractivity contribution is -0.0976. The number of aromatic amines is 1. The third kappa shape index (κ3) is 9.76. The fourth-order valence-electron chi connectivity index (χ4n) is 6.93. The summed E-state index contributed by atoms with van der Waals surface area (Å²) < 4.78 is 48.5. The molecule has 1 saturated heterocycles. The van der Waals surface area contributed by atoms with Crippen molar-refractivity contribution in [3.8, 4) is 17.6 Å². The number of rotatable bonds is 20. The van der Waals surface area contributed by atoms with E-state index in [1.165, 1.54) is 16.8 Å². The van der Waals surface area contributed by atoms with Crippen LogP contribution >= 0.6 is 8.53 Å². The Morgan fingerprint density at radius 1 is 0.857 bits per heavy atom. The number of aromatic nitrogens is 2. The number of benzene rings is 3. The molecule has 0 radical (unpaired) electrons. The van der Waals surface area contributed by atoms with E-state index in [2.05, 4.69) is 43.4 Å². The van der Waals surface area contributed by atoms with Gasteiger partial charge in [-0.1, -0.05) is 61.5 Å². The van der Waals surface area contributed by atoms with E-state index in [4.69, 9.17) is 32.7 Å². The van der Waals surface area contributed by atoms with E-state index in [9.17, 15) is 14.9 Å². The standard InChI is InChI=1S/C42H53N4O9P/c1-8-26-51-39-38(55-56(53-27-12-24-43)46(29(2)3)30(4)5)36(54-40(39)45-25-23-37(47)44-41(45)48)28-52-42(31-13-10-9-11-14-31,32-15-19-34(49-6)20-16-32)33-17-21-35(50-7)22-18-33/h9-11,13-23,25,29-30,36,38-40H,8,12,26-28H2,1-7H3,(H,44,47,48)/t36-,38-,39-,40-,56?/m1/s1. The number of ether oxygens (including phenoxy) is 5. The third-order valence-electron chi connectivity index (χ3n) is 9.44. The van der Waals surface area contributed by atoms with Gasteiger partial charge in [-0.05, 0) is 75.1 Å². The lowest BCUT2D eigenvalue weighted by atomic mass is 9.80. The van der Waals surface area contributed by atoms with Gasteiger partial charge >= 0.3 is 5.69 Å². The molecule has 14 heteroatoms. The fourth-order valence-corrected chi connectivity index (χ4v) is 8.70. The Balaban J connectivity index is 1.67. The Morgan fingerprint density at radius 3 is 1.96 bits per heavy atom. The summed E-state index contributed by atoms with van der Waals surface area (Å²) in [4.78, 5) is 27.9. The third-order valence-corrected chi connectivity index (χ3v) is 11.6. The largest absolute Gasteiger partial charge is 0.497 e. The van der Waals surface area contributed by atoms with Crippen LogP contribution in [0.1, 0.15) is 70.4 Å². The maximum absolute atomic E-state index is 13.3. The number of nitrogens with zero attached hydrogens (tertiary/aromatic N) is 3. The summed E-state index contributed by atoms with van der Waals surface area (Å²) in [6, 6.07) is 28.8. The van der Waals surface area contributed by atoms with Crippen LogP contribution in [0.2, 0.25) is 0 Å². The SMILES string of the molecule is CCCO[C@@H]1[C@H](OP(OCCC#N)N(C(C)C)C(C)C)[C@@H](COC(c2ccccc2)(c2ccc(OC)cc2)c2ccc(OC)cc2)O[C@H]1n1ccc(=O)[nH]c1=O. The summed E-state index contributed by atoms with van der Waals surface area (Å²) in [7, 11) is 1.46. The maximum Gasteiger partial charge on any atom is 0.330 e. The number of H-pyrrole nitrogens is 1. The highest BCUT2D eigenvalue weighted by molar-refractivity contribution is 7.44. The van der Waals surface area contributed by atoms with Crippen LogP contribution in [0.15, 0.2) is 101 Å². The van der Waals surface area contributed by atoms with Crippen molar-refractivity contribution in [1.29, 1.82) is 5.26 Å². The Morgan fingerprint density at radius 2 is 1.45 bits per heavy atom. The smallest absolute Gasteiger partial charge is 0.330 e. The van der Waals surface area contributed by atoms with Gasteiger partial charge in [0.1, 0.15) is 35.4 Å². The average Bonchev–Trinajstić information content (AvgIpc) is 3.53. The van der Waals surface area contributed by atoms with Gasteiger partial charge in [-0.2, -0.15) is 5.26 Å². The lowest BCUT2D eigenvalue weighted by Gasteiger charge is -2.39. The Labute approximate surface area is 330 Å².